The molecule has 0 aromatic heterocycles. The summed E-state index contributed by atoms with van der Waals surface area (Å²) in [6.07, 6.45) is 0.811. The first kappa shape index (κ1) is 16.2. The van der Waals surface area contributed by atoms with E-state index in [1.807, 2.05) is 34.6 Å². The van der Waals surface area contributed by atoms with Gasteiger partial charge in [0.1, 0.15) is 0 Å². The Hall–Kier alpha value is -1.84. The van der Waals surface area contributed by atoms with Gasteiger partial charge in [-0.1, -0.05) is 34.6 Å². The molecule has 0 aliphatic carbocycles. The molecule has 0 aliphatic rings. The van der Waals surface area contributed by atoms with Crippen LogP contribution >= 0.6 is 0 Å². The number of amides is 2. The van der Waals surface area contributed by atoms with Crippen molar-refractivity contribution in [3.8, 4) is 0 Å². The molecular formula is C16H24N2O2. The first-order chi connectivity index (χ1) is 9.24. The van der Waals surface area contributed by atoms with Gasteiger partial charge < -0.3 is 10.6 Å². The molecule has 110 valence electrons. The molecule has 0 bridgehead atoms. The summed E-state index contributed by atoms with van der Waals surface area (Å²) in [5.74, 6) is -0.0249. The molecule has 0 radical (unpaired) electrons. The van der Waals surface area contributed by atoms with E-state index in [2.05, 4.69) is 10.6 Å². The predicted octanol–water partition coefficient (Wildman–Crippen LogP) is 3.66. The van der Waals surface area contributed by atoms with Gasteiger partial charge in [-0.15, -0.1) is 0 Å². The van der Waals surface area contributed by atoms with Crippen LogP contribution < -0.4 is 10.6 Å². The largest absolute Gasteiger partial charge is 0.326 e. The molecule has 2 amide bonds. The van der Waals surface area contributed by atoms with Gasteiger partial charge >= 0.3 is 0 Å². The van der Waals surface area contributed by atoms with Crippen molar-refractivity contribution in [1.29, 1.82) is 0 Å². The number of carbonyl (C=O) groups is 2. The Bertz CT molecular complexity index is 472. The smallest absolute Gasteiger partial charge is 0.229 e. The van der Waals surface area contributed by atoms with Crippen LogP contribution in [-0.2, 0) is 9.59 Å². The summed E-state index contributed by atoms with van der Waals surface area (Å²) < 4.78 is 0. The molecule has 0 saturated carbocycles. The summed E-state index contributed by atoms with van der Waals surface area (Å²) in [5, 5.41) is 5.70. The lowest BCUT2D eigenvalue weighted by Gasteiger charge is -2.18. The summed E-state index contributed by atoms with van der Waals surface area (Å²) in [7, 11) is 0. The second-order valence-corrected chi connectivity index (χ2v) is 6.08. The van der Waals surface area contributed by atoms with E-state index in [0.29, 0.717) is 0 Å². The monoisotopic (exact) mass is 276 g/mol. The molecule has 0 aliphatic heterocycles. The van der Waals surface area contributed by atoms with Crippen molar-refractivity contribution in [2.75, 3.05) is 10.6 Å². The van der Waals surface area contributed by atoms with Gasteiger partial charge in [0, 0.05) is 22.7 Å². The highest BCUT2D eigenvalue weighted by Crippen LogP contribution is 2.19. The highest BCUT2D eigenvalue weighted by molar-refractivity contribution is 5.95. The minimum absolute atomic E-state index is 0.00438. The summed E-state index contributed by atoms with van der Waals surface area (Å²) in [5.41, 5.74) is 1.04. The Labute approximate surface area is 121 Å². The van der Waals surface area contributed by atoms with E-state index in [-0.39, 0.29) is 17.7 Å². The van der Waals surface area contributed by atoms with Crippen LogP contribution in [0.3, 0.4) is 0 Å². The quantitative estimate of drug-likeness (QED) is 0.881. The molecule has 0 fully saturated rings. The van der Waals surface area contributed by atoms with Gasteiger partial charge in [0.05, 0.1) is 0 Å². The maximum atomic E-state index is 11.8. The lowest BCUT2D eigenvalue weighted by atomic mass is 9.95. The Kier molecular flexibility index (Phi) is 5.31. The maximum Gasteiger partial charge on any atom is 0.229 e. The van der Waals surface area contributed by atoms with E-state index >= 15 is 0 Å². The summed E-state index contributed by atoms with van der Waals surface area (Å²) in [4.78, 5) is 23.6. The minimum Gasteiger partial charge on any atom is -0.326 e. The fraction of sp³-hybridized carbons (Fsp3) is 0.500. The third-order valence-corrected chi connectivity index (χ3v) is 3.15. The van der Waals surface area contributed by atoms with Crippen LogP contribution in [0.4, 0.5) is 11.4 Å². The van der Waals surface area contributed by atoms with Gasteiger partial charge in [-0.05, 0) is 30.7 Å². The Morgan fingerprint density at radius 3 is 1.90 bits per heavy atom. The predicted molar refractivity (Wildman–Crippen MR) is 82.6 cm³/mol. The second kappa shape index (κ2) is 6.55. The number of nitrogens with one attached hydrogen (secondary N) is 2. The molecule has 0 saturated heterocycles. The zero-order valence-corrected chi connectivity index (χ0v) is 12.9. The van der Waals surface area contributed by atoms with Gasteiger partial charge in [-0.2, -0.15) is 0 Å². The molecule has 1 aromatic carbocycles. The fourth-order valence-corrected chi connectivity index (χ4v) is 1.41. The van der Waals surface area contributed by atoms with Crippen molar-refractivity contribution < 1.29 is 9.59 Å². The van der Waals surface area contributed by atoms with Crippen LogP contribution in [0.5, 0.6) is 0 Å². The van der Waals surface area contributed by atoms with Crippen molar-refractivity contribution in [2.45, 2.75) is 41.0 Å². The molecule has 1 unspecified atom stereocenters. The molecule has 0 heterocycles. The van der Waals surface area contributed by atoms with Crippen molar-refractivity contribution in [2.24, 2.45) is 11.3 Å². The van der Waals surface area contributed by atoms with E-state index in [1.54, 1.807) is 24.3 Å². The maximum absolute atomic E-state index is 11.8. The first-order valence-electron chi connectivity index (χ1n) is 6.96. The summed E-state index contributed by atoms with van der Waals surface area (Å²) in [6.45, 7) is 9.47. The average Bonchev–Trinajstić information content (AvgIpc) is 2.38. The van der Waals surface area contributed by atoms with E-state index in [0.717, 1.165) is 17.8 Å². The van der Waals surface area contributed by atoms with Crippen molar-refractivity contribution in [3.63, 3.8) is 0 Å². The van der Waals surface area contributed by atoms with Crippen molar-refractivity contribution in [1.82, 2.24) is 0 Å². The number of benzene rings is 1. The number of rotatable bonds is 4. The van der Waals surface area contributed by atoms with E-state index in [1.165, 1.54) is 0 Å². The lowest BCUT2D eigenvalue weighted by Crippen LogP contribution is -2.27. The van der Waals surface area contributed by atoms with Crippen LogP contribution in [-0.4, -0.2) is 11.8 Å². The van der Waals surface area contributed by atoms with Gasteiger partial charge in [0.15, 0.2) is 0 Å². The molecular weight excluding hydrogens is 252 g/mol. The Morgan fingerprint density at radius 1 is 1.05 bits per heavy atom. The average molecular weight is 276 g/mol. The Morgan fingerprint density at radius 2 is 1.50 bits per heavy atom. The molecule has 2 N–H and O–H groups in total. The van der Waals surface area contributed by atoms with Crippen LogP contribution in [0, 0.1) is 11.3 Å². The van der Waals surface area contributed by atoms with Crippen molar-refractivity contribution in [3.05, 3.63) is 24.3 Å². The number of hydrogen-bond donors (Lipinski definition) is 2. The highest BCUT2D eigenvalue weighted by Gasteiger charge is 2.21. The van der Waals surface area contributed by atoms with Crippen molar-refractivity contribution >= 4 is 23.2 Å². The van der Waals surface area contributed by atoms with E-state index in [4.69, 9.17) is 0 Å². The van der Waals surface area contributed by atoms with Crippen LogP contribution in [0.1, 0.15) is 41.0 Å². The summed E-state index contributed by atoms with van der Waals surface area (Å²) in [6, 6.07) is 7.16. The zero-order valence-electron chi connectivity index (χ0n) is 12.9. The molecule has 1 aromatic rings. The van der Waals surface area contributed by atoms with Crippen LogP contribution in [0.25, 0.3) is 0 Å². The number of carbonyl (C=O) groups excluding carboxylic acids is 2. The van der Waals surface area contributed by atoms with Crippen LogP contribution in [0.2, 0.25) is 0 Å². The van der Waals surface area contributed by atoms with E-state index in [9.17, 15) is 9.59 Å². The molecule has 20 heavy (non-hydrogen) atoms. The minimum atomic E-state index is -0.427. The summed E-state index contributed by atoms with van der Waals surface area (Å²) >= 11 is 0. The fourth-order valence-electron chi connectivity index (χ4n) is 1.41. The molecule has 1 atom stereocenters. The third kappa shape index (κ3) is 4.68. The molecule has 4 heteroatoms. The second-order valence-electron chi connectivity index (χ2n) is 6.08. The lowest BCUT2D eigenvalue weighted by molar-refractivity contribution is -0.123. The van der Waals surface area contributed by atoms with E-state index < -0.39 is 5.41 Å². The van der Waals surface area contributed by atoms with Gasteiger partial charge in [-0.25, -0.2) is 0 Å². The van der Waals surface area contributed by atoms with Gasteiger partial charge in [0.2, 0.25) is 11.8 Å². The third-order valence-electron chi connectivity index (χ3n) is 3.15. The molecule has 1 rings (SSSR count). The highest BCUT2D eigenvalue weighted by atomic mass is 16.2. The normalized spacial score (nSPS) is 12.7. The zero-order chi connectivity index (χ0) is 15.3. The van der Waals surface area contributed by atoms with Gasteiger partial charge in [0.25, 0.3) is 0 Å². The number of hydrogen-bond acceptors (Lipinski definition) is 2. The topological polar surface area (TPSA) is 58.2 Å². The Balaban J connectivity index is 2.65. The number of anilines is 2. The van der Waals surface area contributed by atoms with Crippen LogP contribution in [0.15, 0.2) is 24.3 Å². The molecule has 0 spiro atoms. The van der Waals surface area contributed by atoms with Gasteiger partial charge in [-0.3, -0.25) is 9.59 Å². The SMILES string of the molecule is CCC(C)C(=O)Nc1ccc(NC(=O)C(C)(C)C)cc1. The molecule has 4 nitrogen and oxygen atoms in total. The first-order valence-corrected chi connectivity index (χ1v) is 6.96. The standard InChI is InChI=1S/C16H24N2O2/c1-6-11(2)14(19)17-12-7-9-13(10-8-12)18-15(20)16(3,4)5/h7-11H,6H2,1-5H3,(H,17,19)(H,18,20).